The molecule has 37 heavy (non-hydrogen) atoms. The van der Waals surface area contributed by atoms with Crippen LogP contribution < -0.4 is 5.56 Å². The average Bonchev–Trinajstić information content (AvgIpc) is 2.87. The number of hydrogen-bond donors (Lipinski definition) is 0. The summed E-state index contributed by atoms with van der Waals surface area (Å²) in [7, 11) is 0. The van der Waals surface area contributed by atoms with Gasteiger partial charge in [-0.1, -0.05) is 30.3 Å². The number of alkyl halides is 3. The van der Waals surface area contributed by atoms with Gasteiger partial charge < -0.3 is 0 Å². The quantitative estimate of drug-likeness (QED) is 0.272. The lowest BCUT2D eigenvalue weighted by Crippen LogP contribution is -2.19. The Morgan fingerprint density at radius 3 is 2.24 bits per heavy atom. The number of halogens is 5. The van der Waals surface area contributed by atoms with Crippen LogP contribution in [-0.2, 0) is 6.18 Å². The molecular formula is C27H13F5N4O. The molecule has 2 heterocycles. The van der Waals surface area contributed by atoms with Gasteiger partial charge in [0.15, 0.2) is 5.65 Å². The lowest BCUT2D eigenvalue weighted by Gasteiger charge is -2.16. The third kappa shape index (κ3) is 4.43. The molecule has 0 fully saturated rings. The Balaban J connectivity index is 1.83. The van der Waals surface area contributed by atoms with Crippen LogP contribution in [0.15, 0.2) is 83.7 Å². The highest BCUT2D eigenvalue weighted by atomic mass is 19.4. The second-order valence-electron chi connectivity index (χ2n) is 8.01. The van der Waals surface area contributed by atoms with E-state index < -0.39 is 34.5 Å². The number of hydrogen-bond acceptors (Lipinski definition) is 4. The van der Waals surface area contributed by atoms with Gasteiger partial charge in [-0.05, 0) is 36.4 Å². The first-order chi connectivity index (χ1) is 17.7. The molecule has 10 heteroatoms. The van der Waals surface area contributed by atoms with Crippen molar-refractivity contribution in [3.63, 3.8) is 0 Å². The van der Waals surface area contributed by atoms with Crippen LogP contribution in [0.4, 0.5) is 22.0 Å². The van der Waals surface area contributed by atoms with Gasteiger partial charge in [-0.3, -0.25) is 4.79 Å². The zero-order valence-corrected chi connectivity index (χ0v) is 18.6. The molecule has 0 aliphatic heterocycles. The molecule has 3 aromatic carbocycles. The molecule has 0 unspecified atom stereocenters. The predicted octanol–water partition coefficient (Wildman–Crippen LogP) is 6.26. The minimum Gasteiger partial charge on any atom is -0.267 e. The van der Waals surface area contributed by atoms with E-state index >= 15 is 0 Å². The van der Waals surface area contributed by atoms with Gasteiger partial charge in [-0.25, -0.2) is 13.8 Å². The molecule has 0 saturated carbocycles. The van der Waals surface area contributed by atoms with Crippen molar-refractivity contribution < 1.29 is 22.0 Å². The van der Waals surface area contributed by atoms with Gasteiger partial charge in [-0.15, -0.1) is 0 Å². The fourth-order valence-electron chi connectivity index (χ4n) is 3.95. The van der Waals surface area contributed by atoms with Crippen molar-refractivity contribution in [2.75, 3.05) is 0 Å². The summed E-state index contributed by atoms with van der Waals surface area (Å²) >= 11 is 0. The van der Waals surface area contributed by atoms with Crippen molar-refractivity contribution in [1.82, 2.24) is 14.6 Å². The van der Waals surface area contributed by atoms with Crippen molar-refractivity contribution in [2.24, 2.45) is 0 Å². The number of nitriles is 1. The maximum atomic E-state index is 14.9. The molecule has 0 saturated heterocycles. The summed E-state index contributed by atoms with van der Waals surface area (Å²) in [6.45, 7) is 0. The Labute approximate surface area is 205 Å². The molecule has 0 aliphatic rings. The lowest BCUT2D eigenvalue weighted by molar-refractivity contribution is -0.137. The zero-order chi connectivity index (χ0) is 26.3. The summed E-state index contributed by atoms with van der Waals surface area (Å²) in [4.78, 5) is 17.4. The maximum absolute atomic E-state index is 14.9. The summed E-state index contributed by atoms with van der Waals surface area (Å²) in [6.07, 6.45) is -4.77. The van der Waals surface area contributed by atoms with E-state index in [1.165, 1.54) is 30.3 Å². The van der Waals surface area contributed by atoms with Crippen molar-refractivity contribution in [1.29, 1.82) is 5.26 Å². The number of rotatable bonds is 3. The minimum atomic E-state index is -4.77. The van der Waals surface area contributed by atoms with E-state index in [9.17, 15) is 26.7 Å². The van der Waals surface area contributed by atoms with Crippen LogP contribution in [0.25, 0.3) is 39.3 Å². The number of benzene rings is 3. The Morgan fingerprint density at radius 2 is 1.57 bits per heavy atom. The summed E-state index contributed by atoms with van der Waals surface area (Å²) < 4.78 is 70.8. The third-order valence-electron chi connectivity index (χ3n) is 5.67. The lowest BCUT2D eigenvalue weighted by atomic mass is 9.96. The highest BCUT2D eigenvalue weighted by Gasteiger charge is 2.34. The summed E-state index contributed by atoms with van der Waals surface area (Å²) in [5, 5.41) is 13.2. The molecule has 5 nitrogen and oxygen atoms in total. The number of fused-ring (bicyclic) bond motifs is 1. The summed E-state index contributed by atoms with van der Waals surface area (Å²) in [6, 6.07) is 17.8. The summed E-state index contributed by atoms with van der Waals surface area (Å²) in [5.74, 6) is -1.90. The SMILES string of the molecule is N#Cc1ccc(-c2cc(=O)n3nc(-c4ccccc4C(F)(F)F)c(-c4ccc(F)cc4F)cc3n2)cc1. The Bertz CT molecular complexity index is 1770. The third-order valence-corrected chi connectivity index (χ3v) is 5.67. The fourth-order valence-corrected chi connectivity index (χ4v) is 3.95. The van der Waals surface area contributed by atoms with Gasteiger partial charge in [0.1, 0.15) is 17.3 Å². The second kappa shape index (κ2) is 8.95. The van der Waals surface area contributed by atoms with Crippen LogP contribution in [0.3, 0.4) is 0 Å². The molecule has 0 amide bonds. The standard InChI is InChI=1S/C27H13F5N4O/c28-17-9-10-18(22(29)11-17)20-12-24-34-23(16-7-5-15(14-33)6-8-16)13-25(37)36(24)35-26(20)19-3-1-2-4-21(19)27(30,31)32/h1-13H. The van der Waals surface area contributed by atoms with Gasteiger partial charge >= 0.3 is 6.18 Å². The van der Waals surface area contributed by atoms with E-state index in [-0.39, 0.29) is 28.2 Å². The largest absolute Gasteiger partial charge is 0.417 e. The molecular weight excluding hydrogens is 491 g/mol. The van der Waals surface area contributed by atoms with Crippen LogP contribution in [0.5, 0.6) is 0 Å². The van der Waals surface area contributed by atoms with E-state index in [0.29, 0.717) is 17.2 Å². The normalized spacial score (nSPS) is 11.5. The van der Waals surface area contributed by atoms with Gasteiger partial charge in [-0.2, -0.15) is 28.0 Å². The topological polar surface area (TPSA) is 71.0 Å². The molecule has 0 spiro atoms. The van der Waals surface area contributed by atoms with Gasteiger partial charge in [0.25, 0.3) is 5.56 Å². The van der Waals surface area contributed by atoms with Gasteiger partial charge in [0.2, 0.25) is 0 Å². The first-order valence-corrected chi connectivity index (χ1v) is 10.7. The van der Waals surface area contributed by atoms with Crippen molar-refractivity contribution >= 4 is 5.65 Å². The van der Waals surface area contributed by atoms with Crippen LogP contribution >= 0.6 is 0 Å². The number of aromatic nitrogens is 3. The van der Waals surface area contributed by atoms with Crippen molar-refractivity contribution in [2.45, 2.75) is 6.18 Å². The molecule has 0 radical (unpaired) electrons. The van der Waals surface area contributed by atoms with Gasteiger partial charge in [0, 0.05) is 34.4 Å². The molecule has 0 N–H and O–H groups in total. The smallest absolute Gasteiger partial charge is 0.267 e. The summed E-state index contributed by atoms with van der Waals surface area (Å²) in [5.41, 5.74) is -1.75. The monoisotopic (exact) mass is 504 g/mol. The van der Waals surface area contributed by atoms with Crippen LogP contribution in [-0.4, -0.2) is 14.6 Å². The molecule has 2 aromatic heterocycles. The van der Waals surface area contributed by atoms with Crippen molar-refractivity contribution in [3.8, 4) is 39.7 Å². The molecule has 5 aromatic rings. The van der Waals surface area contributed by atoms with E-state index in [0.717, 1.165) is 34.8 Å². The van der Waals surface area contributed by atoms with Gasteiger partial charge in [0.05, 0.1) is 22.9 Å². The molecule has 5 rings (SSSR count). The highest BCUT2D eigenvalue weighted by Crippen LogP contribution is 2.40. The van der Waals surface area contributed by atoms with Crippen LogP contribution in [0, 0.1) is 23.0 Å². The predicted molar refractivity (Wildman–Crippen MR) is 125 cm³/mol. The Morgan fingerprint density at radius 1 is 0.838 bits per heavy atom. The van der Waals surface area contributed by atoms with E-state index in [1.54, 1.807) is 12.1 Å². The zero-order valence-electron chi connectivity index (χ0n) is 18.6. The van der Waals surface area contributed by atoms with Crippen LogP contribution in [0.2, 0.25) is 0 Å². The van der Waals surface area contributed by atoms with E-state index in [2.05, 4.69) is 10.1 Å². The minimum absolute atomic E-state index is 0.0705. The molecule has 182 valence electrons. The Kier molecular flexibility index (Phi) is 5.76. The number of nitrogens with zero attached hydrogens (tertiary/aromatic N) is 4. The van der Waals surface area contributed by atoms with Crippen molar-refractivity contribution in [3.05, 3.63) is 112 Å². The Hall–Kier alpha value is -4.91. The second-order valence-corrected chi connectivity index (χ2v) is 8.01. The molecule has 0 bridgehead atoms. The first-order valence-electron chi connectivity index (χ1n) is 10.7. The highest BCUT2D eigenvalue weighted by molar-refractivity contribution is 5.84. The molecule has 0 atom stereocenters. The average molecular weight is 504 g/mol. The van der Waals surface area contributed by atoms with E-state index in [4.69, 9.17) is 5.26 Å². The first kappa shape index (κ1) is 23.8. The fraction of sp³-hybridized carbons (Fsp3) is 0.0370. The maximum Gasteiger partial charge on any atom is 0.417 e. The van der Waals surface area contributed by atoms with Crippen LogP contribution in [0.1, 0.15) is 11.1 Å². The van der Waals surface area contributed by atoms with E-state index in [1.807, 2.05) is 6.07 Å². The molecule has 0 aliphatic carbocycles.